The summed E-state index contributed by atoms with van der Waals surface area (Å²) in [5.74, 6) is -0.936. The van der Waals surface area contributed by atoms with Crippen molar-refractivity contribution in [3.05, 3.63) is 35.9 Å². The van der Waals surface area contributed by atoms with Crippen molar-refractivity contribution in [1.82, 2.24) is 4.90 Å². The van der Waals surface area contributed by atoms with E-state index in [0.29, 0.717) is 26.0 Å². The molecule has 0 saturated carbocycles. The number of carboxylic acid groups (broad SMARTS) is 1. The van der Waals surface area contributed by atoms with E-state index in [4.69, 9.17) is 9.47 Å². The predicted octanol–water partition coefficient (Wildman–Crippen LogP) is 3.31. The predicted molar refractivity (Wildman–Crippen MR) is 93.2 cm³/mol. The highest BCUT2D eigenvalue weighted by Crippen LogP contribution is 2.32. The van der Waals surface area contributed by atoms with Crippen LogP contribution in [-0.4, -0.2) is 47.4 Å². The fourth-order valence-corrected chi connectivity index (χ4v) is 2.91. The molecule has 1 N–H and O–H groups in total. The van der Waals surface area contributed by atoms with Crippen molar-refractivity contribution >= 4 is 12.1 Å². The average Bonchev–Trinajstić information content (AvgIpc) is 2.54. The van der Waals surface area contributed by atoms with Crippen LogP contribution < -0.4 is 0 Å². The average molecular weight is 349 g/mol. The second kappa shape index (κ2) is 7.87. The van der Waals surface area contributed by atoms with Gasteiger partial charge in [0.1, 0.15) is 11.0 Å². The summed E-state index contributed by atoms with van der Waals surface area (Å²) in [6.45, 7) is 6.40. The molecule has 1 aromatic rings. The number of benzene rings is 1. The second-order valence-corrected chi connectivity index (χ2v) is 7.57. The molecule has 1 atom stereocenters. The molecule has 2 rings (SSSR count). The van der Waals surface area contributed by atoms with Gasteiger partial charge in [-0.2, -0.15) is 0 Å². The maximum atomic E-state index is 12.3. The lowest BCUT2D eigenvalue weighted by Crippen LogP contribution is -2.53. The molecule has 1 aromatic carbocycles. The highest BCUT2D eigenvalue weighted by Gasteiger charge is 2.44. The van der Waals surface area contributed by atoms with E-state index in [-0.39, 0.29) is 13.2 Å². The highest BCUT2D eigenvalue weighted by atomic mass is 16.6. The zero-order valence-corrected chi connectivity index (χ0v) is 15.2. The Bertz CT molecular complexity index is 596. The maximum Gasteiger partial charge on any atom is 0.410 e. The molecule has 1 heterocycles. The first-order valence-corrected chi connectivity index (χ1v) is 8.55. The minimum absolute atomic E-state index is 0.0660. The molecule has 6 nitrogen and oxygen atoms in total. The van der Waals surface area contributed by atoms with Crippen molar-refractivity contribution in [2.24, 2.45) is 5.41 Å². The Labute approximate surface area is 148 Å². The Hall–Kier alpha value is -2.08. The minimum Gasteiger partial charge on any atom is -0.481 e. The lowest BCUT2D eigenvalue weighted by Gasteiger charge is -2.40. The van der Waals surface area contributed by atoms with Gasteiger partial charge in [-0.05, 0) is 39.2 Å². The van der Waals surface area contributed by atoms with E-state index < -0.39 is 23.1 Å². The van der Waals surface area contributed by atoms with E-state index in [1.807, 2.05) is 30.3 Å². The fourth-order valence-electron chi connectivity index (χ4n) is 2.91. The van der Waals surface area contributed by atoms with Crippen molar-refractivity contribution in [2.75, 3.05) is 19.7 Å². The summed E-state index contributed by atoms with van der Waals surface area (Å²) in [5.41, 5.74) is -0.711. The number of hydrogen-bond donors (Lipinski definition) is 1. The molecule has 1 aliphatic rings. The quantitative estimate of drug-likeness (QED) is 0.882. The van der Waals surface area contributed by atoms with Gasteiger partial charge in [0, 0.05) is 13.1 Å². The van der Waals surface area contributed by atoms with Gasteiger partial charge < -0.3 is 19.5 Å². The van der Waals surface area contributed by atoms with Crippen LogP contribution in [0.5, 0.6) is 0 Å². The molecule has 0 radical (unpaired) electrons. The molecule has 138 valence electrons. The van der Waals surface area contributed by atoms with Gasteiger partial charge >= 0.3 is 12.1 Å². The van der Waals surface area contributed by atoms with E-state index in [2.05, 4.69) is 0 Å². The molecular formula is C19H27NO5. The van der Waals surface area contributed by atoms with Crippen LogP contribution in [0.4, 0.5) is 4.79 Å². The molecule has 0 bridgehead atoms. The van der Waals surface area contributed by atoms with E-state index in [1.54, 1.807) is 20.8 Å². The van der Waals surface area contributed by atoms with Crippen LogP contribution in [-0.2, 0) is 20.9 Å². The number of likely N-dealkylation sites (tertiary alicyclic amines) is 1. The van der Waals surface area contributed by atoms with Crippen molar-refractivity contribution in [1.29, 1.82) is 0 Å². The van der Waals surface area contributed by atoms with Gasteiger partial charge in [-0.3, -0.25) is 4.79 Å². The van der Waals surface area contributed by atoms with E-state index in [0.717, 1.165) is 5.56 Å². The van der Waals surface area contributed by atoms with E-state index >= 15 is 0 Å². The van der Waals surface area contributed by atoms with Gasteiger partial charge in [0.05, 0.1) is 13.2 Å². The SMILES string of the molecule is CC(C)(C)OC(=O)N1CCCC(COCc2ccccc2)(C(=O)O)C1. The first-order valence-electron chi connectivity index (χ1n) is 8.55. The van der Waals surface area contributed by atoms with Crippen LogP contribution in [0.25, 0.3) is 0 Å². The van der Waals surface area contributed by atoms with Crippen LogP contribution in [0.15, 0.2) is 30.3 Å². The number of hydrogen-bond acceptors (Lipinski definition) is 4. The molecule has 1 saturated heterocycles. The van der Waals surface area contributed by atoms with Crippen molar-refractivity contribution in [2.45, 2.75) is 45.8 Å². The number of carboxylic acids is 1. The molecular weight excluding hydrogens is 322 g/mol. The van der Waals surface area contributed by atoms with Crippen LogP contribution >= 0.6 is 0 Å². The Morgan fingerprint density at radius 2 is 1.92 bits per heavy atom. The second-order valence-electron chi connectivity index (χ2n) is 7.57. The number of carbonyl (C=O) groups excluding carboxylic acids is 1. The number of amides is 1. The molecule has 1 amide bonds. The number of carbonyl (C=O) groups is 2. The smallest absolute Gasteiger partial charge is 0.410 e. The summed E-state index contributed by atoms with van der Waals surface area (Å²) < 4.78 is 11.1. The molecule has 6 heteroatoms. The molecule has 1 fully saturated rings. The molecule has 25 heavy (non-hydrogen) atoms. The van der Waals surface area contributed by atoms with Gasteiger partial charge in [-0.1, -0.05) is 30.3 Å². The Morgan fingerprint density at radius 1 is 1.24 bits per heavy atom. The molecule has 0 spiro atoms. The Balaban J connectivity index is 2.00. The fraction of sp³-hybridized carbons (Fsp3) is 0.579. The number of aliphatic carboxylic acids is 1. The summed E-state index contributed by atoms with van der Waals surface area (Å²) in [5, 5.41) is 9.76. The molecule has 0 aliphatic carbocycles. The van der Waals surface area contributed by atoms with Gasteiger partial charge in [0.15, 0.2) is 0 Å². The molecule has 1 aliphatic heterocycles. The first-order chi connectivity index (χ1) is 11.7. The first kappa shape index (κ1) is 19.2. The summed E-state index contributed by atoms with van der Waals surface area (Å²) in [4.78, 5) is 25.7. The van der Waals surface area contributed by atoms with Gasteiger partial charge in [-0.25, -0.2) is 4.79 Å². The number of piperidine rings is 1. The highest BCUT2D eigenvalue weighted by molar-refractivity contribution is 5.77. The van der Waals surface area contributed by atoms with Gasteiger partial charge in [-0.15, -0.1) is 0 Å². The largest absolute Gasteiger partial charge is 0.481 e. The lowest BCUT2D eigenvalue weighted by atomic mass is 9.80. The summed E-state index contributed by atoms with van der Waals surface area (Å²) in [6, 6.07) is 9.61. The summed E-state index contributed by atoms with van der Waals surface area (Å²) in [6.07, 6.45) is 0.623. The number of nitrogens with zero attached hydrogens (tertiary/aromatic N) is 1. The Kier molecular flexibility index (Phi) is 6.06. The van der Waals surface area contributed by atoms with Crippen LogP contribution in [0.2, 0.25) is 0 Å². The normalized spacial score (nSPS) is 21.0. The minimum atomic E-state index is -1.09. The zero-order valence-electron chi connectivity index (χ0n) is 15.2. The third-order valence-corrected chi connectivity index (χ3v) is 4.17. The third kappa shape index (κ3) is 5.46. The van der Waals surface area contributed by atoms with Crippen LogP contribution in [0.1, 0.15) is 39.2 Å². The zero-order chi connectivity index (χ0) is 18.5. The van der Waals surface area contributed by atoms with Crippen LogP contribution in [0.3, 0.4) is 0 Å². The Morgan fingerprint density at radius 3 is 2.52 bits per heavy atom. The molecule has 1 unspecified atom stereocenters. The van der Waals surface area contributed by atoms with Gasteiger partial charge in [0.25, 0.3) is 0 Å². The van der Waals surface area contributed by atoms with Crippen molar-refractivity contribution in [3.8, 4) is 0 Å². The monoisotopic (exact) mass is 349 g/mol. The summed E-state index contributed by atoms with van der Waals surface area (Å²) in [7, 11) is 0. The van der Waals surface area contributed by atoms with Crippen molar-refractivity contribution in [3.63, 3.8) is 0 Å². The van der Waals surface area contributed by atoms with E-state index in [9.17, 15) is 14.7 Å². The lowest BCUT2D eigenvalue weighted by molar-refractivity contribution is -0.157. The molecule has 0 aromatic heterocycles. The van der Waals surface area contributed by atoms with Crippen molar-refractivity contribution < 1.29 is 24.2 Å². The maximum absolute atomic E-state index is 12.3. The summed E-state index contributed by atoms with van der Waals surface area (Å²) >= 11 is 0. The third-order valence-electron chi connectivity index (χ3n) is 4.17. The number of rotatable bonds is 5. The van der Waals surface area contributed by atoms with E-state index in [1.165, 1.54) is 4.90 Å². The number of ether oxygens (including phenoxy) is 2. The topological polar surface area (TPSA) is 76.1 Å². The van der Waals surface area contributed by atoms with Gasteiger partial charge in [0.2, 0.25) is 0 Å². The standard InChI is InChI=1S/C19H27NO5/c1-18(2,3)25-17(23)20-11-7-10-19(13-20,16(21)22)14-24-12-15-8-5-4-6-9-15/h4-6,8-9H,7,10-14H2,1-3H3,(H,21,22). The van der Waals surface area contributed by atoms with Crippen LogP contribution in [0, 0.1) is 5.41 Å².